The van der Waals surface area contributed by atoms with E-state index >= 15 is 0 Å². The molecule has 1 fully saturated rings. The zero-order chi connectivity index (χ0) is 13.8. The van der Waals surface area contributed by atoms with Crippen LogP contribution in [0.3, 0.4) is 0 Å². The monoisotopic (exact) mass is 265 g/mol. The van der Waals surface area contributed by atoms with E-state index in [1.807, 2.05) is 48.5 Å². The van der Waals surface area contributed by atoms with Gasteiger partial charge in [0.15, 0.2) is 5.78 Å². The highest BCUT2D eigenvalue weighted by Gasteiger charge is 2.13. The van der Waals surface area contributed by atoms with E-state index in [1.165, 1.54) is 24.9 Å². The van der Waals surface area contributed by atoms with Crippen LogP contribution in [0.4, 0.5) is 5.69 Å². The summed E-state index contributed by atoms with van der Waals surface area (Å²) in [7, 11) is 0. The summed E-state index contributed by atoms with van der Waals surface area (Å²) < 4.78 is 0. The number of anilines is 1. The minimum Gasteiger partial charge on any atom is -0.372 e. The fraction of sp³-hybridized carbons (Fsp3) is 0.278. The molecule has 0 unspecified atom stereocenters. The first-order valence-electron chi connectivity index (χ1n) is 7.29. The molecule has 0 spiro atoms. The van der Waals surface area contributed by atoms with Crippen molar-refractivity contribution in [1.82, 2.24) is 0 Å². The van der Waals surface area contributed by atoms with Crippen LogP contribution in [0.15, 0.2) is 54.6 Å². The molecule has 102 valence electrons. The Kier molecular flexibility index (Phi) is 3.82. The topological polar surface area (TPSA) is 20.3 Å². The second-order valence-electron chi connectivity index (χ2n) is 5.29. The second-order valence-corrected chi connectivity index (χ2v) is 5.29. The van der Waals surface area contributed by atoms with Crippen molar-refractivity contribution in [3.05, 3.63) is 65.7 Å². The molecule has 0 radical (unpaired) electrons. The Morgan fingerprint density at radius 2 is 1.50 bits per heavy atom. The lowest BCUT2D eigenvalue weighted by Crippen LogP contribution is -2.29. The maximum absolute atomic E-state index is 12.5. The Morgan fingerprint density at radius 1 is 0.800 bits per heavy atom. The van der Waals surface area contributed by atoms with E-state index in [0.29, 0.717) is 0 Å². The molecule has 20 heavy (non-hydrogen) atoms. The number of piperidine rings is 1. The highest BCUT2D eigenvalue weighted by molar-refractivity contribution is 6.09. The van der Waals surface area contributed by atoms with E-state index in [1.54, 1.807) is 0 Å². The zero-order valence-electron chi connectivity index (χ0n) is 11.6. The fourth-order valence-corrected chi connectivity index (χ4v) is 2.75. The third-order valence-corrected chi connectivity index (χ3v) is 3.87. The maximum atomic E-state index is 12.5. The molecule has 0 amide bonds. The van der Waals surface area contributed by atoms with E-state index in [-0.39, 0.29) is 5.78 Å². The van der Waals surface area contributed by atoms with Crippen molar-refractivity contribution in [2.75, 3.05) is 18.0 Å². The molecule has 0 atom stereocenters. The van der Waals surface area contributed by atoms with Crippen LogP contribution in [0, 0.1) is 0 Å². The van der Waals surface area contributed by atoms with Gasteiger partial charge in [0.2, 0.25) is 0 Å². The first kappa shape index (κ1) is 12.9. The molecular weight excluding hydrogens is 246 g/mol. The number of carbonyl (C=O) groups excluding carboxylic acids is 1. The first-order chi connectivity index (χ1) is 9.84. The Labute approximate surface area is 120 Å². The second kappa shape index (κ2) is 5.91. The highest BCUT2D eigenvalue weighted by Crippen LogP contribution is 2.22. The lowest BCUT2D eigenvalue weighted by Gasteiger charge is -2.29. The molecule has 0 aromatic heterocycles. The van der Waals surface area contributed by atoms with Crippen molar-refractivity contribution in [1.29, 1.82) is 0 Å². The lowest BCUT2D eigenvalue weighted by molar-refractivity contribution is 0.103. The molecule has 1 heterocycles. The first-order valence-corrected chi connectivity index (χ1v) is 7.29. The van der Waals surface area contributed by atoms with E-state index in [4.69, 9.17) is 0 Å². The van der Waals surface area contributed by atoms with E-state index in [0.717, 1.165) is 24.2 Å². The molecule has 2 aromatic carbocycles. The summed E-state index contributed by atoms with van der Waals surface area (Å²) in [6.07, 6.45) is 3.81. The van der Waals surface area contributed by atoms with Crippen LogP contribution >= 0.6 is 0 Å². The van der Waals surface area contributed by atoms with Crippen molar-refractivity contribution in [3.8, 4) is 0 Å². The van der Waals surface area contributed by atoms with Crippen LogP contribution < -0.4 is 4.90 Å². The van der Waals surface area contributed by atoms with Crippen molar-refractivity contribution < 1.29 is 4.79 Å². The van der Waals surface area contributed by atoms with Crippen LogP contribution in [-0.4, -0.2) is 18.9 Å². The highest BCUT2D eigenvalue weighted by atomic mass is 16.1. The average molecular weight is 265 g/mol. The van der Waals surface area contributed by atoms with Gasteiger partial charge in [-0.1, -0.05) is 42.5 Å². The molecule has 3 rings (SSSR count). The fourth-order valence-electron chi connectivity index (χ4n) is 2.75. The van der Waals surface area contributed by atoms with Crippen molar-refractivity contribution in [2.45, 2.75) is 19.3 Å². The Balaban J connectivity index is 1.85. The molecule has 0 N–H and O–H groups in total. The number of carbonyl (C=O) groups is 1. The van der Waals surface area contributed by atoms with Crippen LogP contribution in [0.1, 0.15) is 35.2 Å². The minimum absolute atomic E-state index is 0.101. The number of hydrogen-bond donors (Lipinski definition) is 0. The van der Waals surface area contributed by atoms with Gasteiger partial charge in [0.1, 0.15) is 0 Å². The third-order valence-electron chi connectivity index (χ3n) is 3.87. The van der Waals surface area contributed by atoms with Crippen LogP contribution in [0.5, 0.6) is 0 Å². The number of ketones is 1. The standard InChI is InChI=1S/C18H19NO/c20-18(15-8-3-1-4-9-15)16-10-7-11-17(14-16)19-12-5-2-6-13-19/h1,3-4,7-11,14H,2,5-6,12-13H2. The summed E-state index contributed by atoms with van der Waals surface area (Å²) >= 11 is 0. The van der Waals surface area contributed by atoms with Gasteiger partial charge in [0, 0.05) is 29.9 Å². The molecule has 2 aromatic rings. The summed E-state index contributed by atoms with van der Waals surface area (Å²) in [5.41, 5.74) is 2.70. The van der Waals surface area contributed by atoms with E-state index in [9.17, 15) is 4.79 Å². The summed E-state index contributed by atoms with van der Waals surface area (Å²) in [5, 5.41) is 0. The van der Waals surface area contributed by atoms with E-state index in [2.05, 4.69) is 11.0 Å². The molecule has 2 nitrogen and oxygen atoms in total. The summed E-state index contributed by atoms with van der Waals surface area (Å²) in [4.78, 5) is 14.8. The number of hydrogen-bond acceptors (Lipinski definition) is 2. The van der Waals surface area contributed by atoms with Crippen LogP contribution in [-0.2, 0) is 0 Å². The summed E-state index contributed by atoms with van der Waals surface area (Å²) in [5.74, 6) is 0.101. The molecule has 0 aliphatic carbocycles. The van der Waals surface area contributed by atoms with Gasteiger partial charge in [-0.2, -0.15) is 0 Å². The number of rotatable bonds is 3. The molecule has 1 saturated heterocycles. The van der Waals surface area contributed by atoms with Crippen molar-refractivity contribution in [2.24, 2.45) is 0 Å². The SMILES string of the molecule is O=C(c1ccccc1)c1cccc(N2CCCCC2)c1. The quantitative estimate of drug-likeness (QED) is 0.784. The van der Waals surface area contributed by atoms with Crippen LogP contribution in [0.2, 0.25) is 0 Å². The van der Waals surface area contributed by atoms with Gasteiger partial charge < -0.3 is 4.90 Å². The Hall–Kier alpha value is -2.09. The summed E-state index contributed by atoms with van der Waals surface area (Å²) in [6, 6.07) is 17.5. The van der Waals surface area contributed by atoms with Gasteiger partial charge in [-0.15, -0.1) is 0 Å². The molecule has 1 aliphatic rings. The molecular formula is C18H19NO. The predicted molar refractivity (Wildman–Crippen MR) is 82.4 cm³/mol. The van der Waals surface area contributed by atoms with Crippen molar-refractivity contribution >= 4 is 11.5 Å². The minimum atomic E-state index is 0.101. The molecule has 2 heteroatoms. The Bertz CT molecular complexity index is 585. The normalized spacial score (nSPS) is 15.1. The molecule has 0 saturated carbocycles. The molecule has 1 aliphatic heterocycles. The largest absolute Gasteiger partial charge is 0.372 e. The van der Waals surface area contributed by atoms with Gasteiger partial charge in [0.25, 0.3) is 0 Å². The van der Waals surface area contributed by atoms with Crippen molar-refractivity contribution in [3.63, 3.8) is 0 Å². The molecule has 0 bridgehead atoms. The third kappa shape index (κ3) is 2.74. The zero-order valence-corrected chi connectivity index (χ0v) is 11.6. The smallest absolute Gasteiger partial charge is 0.193 e. The van der Waals surface area contributed by atoms with Crippen LogP contribution in [0.25, 0.3) is 0 Å². The summed E-state index contributed by atoms with van der Waals surface area (Å²) in [6.45, 7) is 2.20. The van der Waals surface area contributed by atoms with Gasteiger partial charge in [0.05, 0.1) is 0 Å². The predicted octanol–water partition coefficient (Wildman–Crippen LogP) is 3.91. The number of nitrogens with zero attached hydrogens (tertiary/aromatic N) is 1. The number of benzene rings is 2. The Morgan fingerprint density at radius 3 is 2.25 bits per heavy atom. The lowest BCUT2D eigenvalue weighted by atomic mass is 10.0. The van der Waals surface area contributed by atoms with Gasteiger partial charge in [-0.05, 0) is 31.4 Å². The van der Waals surface area contributed by atoms with E-state index < -0.39 is 0 Å². The van der Waals surface area contributed by atoms with Gasteiger partial charge in [-0.25, -0.2) is 0 Å². The van der Waals surface area contributed by atoms with Gasteiger partial charge >= 0.3 is 0 Å². The maximum Gasteiger partial charge on any atom is 0.193 e. The van der Waals surface area contributed by atoms with Gasteiger partial charge in [-0.3, -0.25) is 4.79 Å². The average Bonchev–Trinajstić information content (AvgIpc) is 2.56.